The second kappa shape index (κ2) is 6.72. The maximum absolute atomic E-state index is 13.2. The molecule has 136 valence electrons. The fourth-order valence-electron chi connectivity index (χ4n) is 3.04. The van der Waals surface area contributed by atoms with Gasteiger partial charge in [-0.3, -0.25) is 4.79 Å². The molecule has 0 saturated carbocycles. The third-order valence-electron chi connectivity index (χ3n) is 4.32. The summed E-state index contributed by atoms with van der Waals surface area (Å²) >= 11 is 6.04. The average Bonchev–Trinajstić information content (AvgIpc) is 3.13. The first-order chi connectivity index (χ1) is 13.0. The van der Waals surface area contributed by atoms with Crippen molar-refractivity contribution >= 4 is 33.6 Å². The van der Waals surface area contributed by atoms with Gasteiger partial charge in [-0.15, -0.1) is 0 Å². The average molecular weight is 399 g/mol. The Morgan fingerprint density at radius 3 is 2.56 bits per heavy atom. The molecule has 2 aromatic carbocycles. The minimum Gasteiger partial charge on any atom is -0.311 e. The molecule has 0 fully saturated rings. The number of rotatable bonds is 3. The van der Waals surface area contributed by atoms with Crippen molar-refractivity contribution in [2.45, 2.75) is 4.90 Å². The molecule has 2 heterocycles. The molecular weight excluding hydrogens is 384 g/mol. The van der Waals surface area contributed by atoms with Crippen molar-refractivity contribution in [1.82, 2.24) is 8.87 Å². The van der Waals surface area contributed by atoms with E-state index in [-0.39, 0.29) is 17.1 Å². The normalized spacial score (nSPS) is 15.4. The van der Waals surface area contributed by atoms with E-state index in [4.69, 9.17) is 11.6 Å². The van der Waals surface area contributed by atoms with Crippen molar-refractivity contribution in [2.24, 2.45) is 0 Å². The van der Waals surface area contributed by atoms with Crippen LogP contribution in [0.5, 0.6) is 0 Å². The van der Waals surface area contributed by atoms with Crippen LogP contribution < -0.4 is 0 Å². The highest BCUT2D eigenvalue weighted by Crippen LogP contribution is 2.32. The van der Waals surface area contributed by atoms with Crippen LogP contribution >= 0.6 is 11.6 Å². The lowest BCUT2D eigenvalue weighted by atomic mass is 10.2. The van der Waals surface area contributed by atoms with Crippen molar-refractivity contribution in [1.29, 1.82) is 0 Å². The Bertz CT molecular complexity index is 1150. The maximum atomic E-state index is 13.2. The minimum atomic E-state index is -4.06. The van der Waals surface area contributed by atoms with Gasteiger partial charge in [0, 0.05) is 11.2 Å². The monoisotopic (exact) mass is 398 g/mol. The third kappa shape index (κ3) is 3.07. The zero-order chi connectivity index (χ0) is 19.0. The van der Waals surface area contributed by atoms with Gasteiger partial charge >= 0.3 is 0 Å². The molecule has 0 saturated heterocycles. The van der Waals surface area contributed by atoms with Gasteiger partial charge in [0.2, 0.25) is 0 Å². The number of hydrogen-bond donors (Lipinski definition) is 0. The van der Waals surface area contributed by atoms with Crippen molar-refractivity contribution in [3.63, 3.8) is 0 Å². The molecule has 5 nitrogen and oxygen atoms in total. The molecule has 1 aliphatic rings. The molecule has 0 aliphatic carbocycles. The molecule has 27 heavy (non-hydrogen) atoms. The summed E-state index contributed by atoms with van der Waals surface area (Å²) in [6.45, 7) is -0.0762. The number of amides is 1. The molecule has 0 spiro atoms. The SMILES string of the molecule is O=C1c2cccn2-c2ccc(Cl)cc2S(=O)(=O)N1C/C=C/c1ccccc1. The number of nitrogens with zero attached hydrogens (tertiary/aromatic N) is 2. The molecule has 0 bridgehead atoms. The quantitative estimate of drug-likeness (QED) is 0.670. The summed E-state index contributed by atoms with van der Waals surface area (Å²) in [5.41, 5.74) is 1.61. The number of fused-ring (bicyclic) bond motifs is 3. The number of benzene rings is 2. The van der Waals surface area contributed by atoms with Gasteiger partial charge in [0.1, 0.15) is 10.6 Å². The van der Waals surface area contributed by atoms with Crippen molar-refractivity contribution < 1.29 is 13.2 Å². The fraction of sp³-hybridized carbons (Fsp3) is 0.0500. The van der Waals surface area contributed by atoms with E-state index in [1.165, 1.54) is 6.07 Å². The maximum Gasteiger partial charge on any atom is 0.284 e. The van der Waals surface area contributed by atoms with E-state index in [0.29, 0.717) is 10.7 Å². The predicted molar refractivity (Wildman–Crippen MR) is 104 cm³/mol. The smallest absolute Gasteiger partial charge is 0.284 e. The van der Waals surface area contributed by atoms with Gasteiger partial charge in [0.05, 0.1) is 12.2 Å². The van der Waals surface area contributed by atoms with Crippen LogP contribution in [0.4, 0.5) is 0 Å². The van der Waals surface area contributed by atoms with Crippen molar-refractivity contribution in [2.75, 3.05) is 6.54 Å². The zero-order valence-electron chi connectivity index (χ0n) is 14.1. The Balaban J connectivity index is 1.80. The van der Waals surface area contributed by atoms with Gasteiger partial charge in [-0.1, -0.05) is 54.1 Å². The third-order valence-corrected chi connectivity index (χ3v) is 6.34. The van der Waals surface area contributed by atoms with Crippen LogP contribution in [0.1, 0.15) is 16.1 Å². The predicted octanol–water partition coefficient (Wildman–Crippen LogP) is 3.99. The van der Waals surface area contributed by atoms with Crippen LogP contribution in [-0.2, 0) is 10.0 Å². The summed E-state index contributed by atoms with van der Waals surface area (Å²) in [5.74, 6) is -0.579. The molecule has 0 unspecified atom stereocenters. The Kier molecular flexibility index (Phi) is 4.37. The van der Waals surface area contributed by atoms with Crippen LogP contribution in [0.3, 0.4) is 0 Å². The standard InChI is InChI=1S/C20H15ClN2O3S/c21-16-10-11-17-19(14-16)27(25,26)23(20(24)18-9-5-12-22(17)18)13-4-8-15-6-2-1-3-7-15/h1-12,14H,13H2/b8-4+. The second-order valence-corrected chi connectivity index (χ2v) is 8.30. The molecule has 1 aromatic heterocycles. The van der Waals surface area contributed by atoms with E-state index in [1.807, 2.05) is 30.3 Å². The van der Waals surface area contributed by atoms with E-state index in [0.717, 1.165) is 9.87 Å². The number of carbonyl (C=O) groups is 1. The molecule has 1 amide bonds. The Morgan fingerprint density at radius 1 is 1.00 bits per heavy atom. The largest absolute Gasteiger partial charge is 0.311 e. The van der Waals surface area contributed by atoms with E-state index < -0.39 is 15.9 Å². The molecule has 3 aromatic rings. The lowest BCUT2D eigenvalue weighted by Crippen LogP contribution is -2.36. The Labute approximate surface area is 162 Å². The lowest BCUT2D eigenvalue weighted by molar-refractivity contribution is 0.0866. The highest BCUT2D eigenvalue weighted by atomic mass is 35.5. The number of sulfonamides is 1. The number of hydrogen-bond acceptors (Lipinski definition) is 3. The summed E-state index contributed by atoms with van der Waals surface area (Å²) in [6, 6.07) is 17.4. The number of carbonyl (C=O) groups excluding carboxylic acids is 1. The molecule has 1 aliphatic heterocycles. The number of halogens is 1. The van der Waals surface area contributed by atoms with Crippen molar-refractivity contribution in [3.05, 3.63) is 89.2 Å². The molecule has 0 N–H and O–H groups in total. The summed E-state index contributed by atoms with van der Waals surface area (Å²) in [4.78, 5) is 13.0. The summed E-state index contributed by atoms with van der Waals surface area (Å²) in [7, 11) is -4.06. The van der Waals surface area contributed by atoms with Crippen LogP contribution in [0.2, 0.25) is 5.02 Å². The fourth-order valence-corrected chi connectivity index (χ4v) is 4.82. The summed E-state index contributed by atoms with van der Waals surface area (Å²) < 4.78 is 28.8. The van der Waals surface area contributed by atoms with Gasteiger partial charge in [0.25, 0.3) is 15.9 Å². The molecular formula is C20H15ClN2O3S. The first-order valence-electron chi connectivity index (χ1n) is 8.24. The molecule has 7 heteroatoms. The molecule has 0 atom stereocenters. The Morgan fingerprint density at radius 2 is 1.78 bits per heavy atom. The van der Waals surface area contributed by atoms with Crippen molar-refractivity contribution in [3.8, 4) is 5.69 Å². The van der Waals surface area contributed by atoms with E-state index in [1.54, 1.807) is 47.2 Å². The second-order valence-electron chi connectivity index (χ2n) is 6.03. The van der Waals surface area contributed by atoms with Crippen LogP contribution in [0.15, 0.2) is 77.8 Å². The minimum absolute atomic E-state index is 0.00594. The highest BCUT2D eigenvalue weighted by Gasteiger charge is 2.36. The van der Waals surface area contributed by atoms with E-state index >= 15 is 0 Å². The highest BCUT2D eigenvalue weighted by molar-refractivity contribution is 7.89. The molecule has 4 rings (SSSR count). The van der Waals surface area contributed by atoms with Crippen LogP contribution in [-0.4, -0.2) is 29.7 Å². The first-order valence-corrected chi connectivity index (χ1v) is 10.1. The van der Waals surface area contributed by atoms with E-state index in [9.17, 15) is 13.2 Å². The zero-order valence-corrected chi connectivity index (χ0v) is 15.7. The summed E-state index contributed by atoms with van der Waals surface area (Å²) in [6.07, 6.45) is 5.11. The van der Waals surface area contributed by atoms with Gasteiger partial charge in [-0.2, -0.15) is 0 Å². The first kappa shape index (κ1) is 17.6. The molecule has 0 radical (unpaired) electrons. The van der Waals surface area contributed by atoms with Gasteiger partial charge in [-0.25, -0.2) is 12.7 Å². The topological polar surface area (TPSA) is 59.4 Å². The van der Waals surface area contributed by atoms with Crippen LogP contribution in [0.25, 0.3) is 11.8 Å². The van der Waals surface area contributed by atoms with Crippen LogP contribution in [0, 0.1) is 0 Å². The van der Waals surface area contributed by atoms with Gasteiger partial charge in [-0.05, 0) is 35.9 Å². The van der Waals surface area contributed by atoms with E-state index in [2.05, 4.69) is 0 Å². The number of aromatic nitrogens is 1. The van der Waals surface area contributed by atoms with Gasteiger partial charge < -0.3 is 4.57 Å². The lowest BCUT2D eigenvalue weighted by Gasteiger charge is -2.19. The van der Waals surface area contributed by atoms with Gasteiger partial charge in [0.15, 0.2) is 0 Å². The summed E-state index contributed by atoms with van der Waals surface area (Å²) in [5, 5.41) is 0.292. The Hall–Kier alpha value is -2.83.